The fourth-order valence-electron chi connectivity index (χ4n) is 3.28. The number of benzene rings is 1. The largest absolute Gasteiger partial charge is 0.461 e. The van der Waals surface area contributed by atoms with Crippen LogP contribution in [0.15, 0.2) is 48.8 Å². The quantitative estimate of drug-likeness (QED) is 0.380. The third-order valence-corrected chi connectivity index (χ3v) is 5.58. The maximum atomic E-state index is 13.6. The van der Waals surface area contributed by atoms with Crippen LogP contribution in [0.2, 0.25) is 0 Å². The van der Waals surface area contributed by atoms with Crippen LogP contribution in [0.3, 0.4) is 0 Å². The van der Waals surface area contributed by atoms with Gasteiger partial charge in [0.1, 0.15) is 12.7 Å². The van der Waals surface area contributed by atoms with Gasteiger partial charge in [0.15, 0.2) is 0 Å². The minimum absolute atomic E-state index is 0.213. The molecule has 6 nitrogen and oxygen atoms in total. The number of allylic oxidation sites excluding steroid dienone is 2. The van der Waals surface area contributed by atoms with Gasteiger partial charge in [0.05, 0.1) is 6.20 Å². The van der Waals surface area contributed by atoms with Crippen molar-refractivity contribution in [3.8, 4) is 0 Å². The lowest BCUT2D eigenvalue weighted by atomic mass is 9.84. The molecule has 1 heterocycles. The Labute approximate surface area is 172 Å². The van der Waals surface area contributed by atoms with Gasteiger partial charge in [0, 0.05) is 11.0 Å². The summed E-state index contributed by atoms with van der Waals surface area (Å²) in [6.45, 7) is 7.55. The first-order chi connectivity index (χ1) is 13.7. The second-order valence-corrected chi connectivity index (χ2v) is 8.02. The van der Waals surface area contributed by atoms with E-state index in [2.05, 4.69) is 0 Å². The molecule has 1 aliphatic rings. The maximum absolute atomic E-state index is 13.6. The number of carbonyl (C=O) groups is 3. The predicted octanol–water partition coefficient (Wildman–Crippen LogP) is 4.99. The van der Waals surface area contributed by atoms with Gasteiger partial charge in [-0.2, -0.15) is 0 Å². The van der Waals surface area contributed by atoms with Gasteiger partial charge in [-0.1, -0.05) is 64.4 Å². The fraction of sp³-hybridized carbons (Fsp3) is 0.435. The van der Waals surface area contributed by atoms with Crippen molar-refractivity contribution in [1.29, 1.82) is 0 Å². The van der Waals surface area contributed by atoms with E-state index >= 15 is 0 Å². The maximum Gasteiger partial charge on any atom is 0.457 e. The van der Waals surface area contributed by atoms with Gasteiger partial charge in [0.2, 0.25) is 0 Å². The minimum atomic E-state index is -1.27. The SMILES string of the molecule is CCCCC[N+]1(C(=O)C(=O)C(C)(C)CC)C=C(c2ccccc2)C=CN1C(=O)O. The smallest absolute Gasteiger partial charge is 0.457 e. The first-order valence-corrected chi connectivity index (χ1v) is 10.2. The third kappa shape index (κ3) is 4.65. The zero-order valence-electron chi connectivity index (χ0n) is 17.7. The van der Waals surface area contributed by atoms with Crippen molar-refractivity contribution in [2.45, 2.75) is 53.4 Å². The summed E-state index contributed by atoms with van der Waals surface area (Å²) >= 11 is 0. The van der Waals surface area contributed by atoms with Gasteiger partial charge in [-0.25, -0.2) is 9.59 Å². The summed E-state index contributed by atoms with van der Waals surface area (Å²) in [5.74, 6) is -1.27. The fourth-order valence-corrected chi connectivity index (χ4v) is 3.28. The van der Waals surface area contributed by atoms with E-state index in [4.69, 9.17) is 0 Å². The van der Waals surface area contributed by atoms with Crippen molar-refractivity contribution in [2.24, 2.45) is 5.41 Å². The molecule has 1 aliphatic heterocycles. The lowest BCUT2D eigenvalue weighted by Gasteiger charge is -2.39. The van der Waals surface area contributed by atoms with Gasteiger partial charge >= 0.3 is 12.0 Å². The van der Waals surface area contributed by atoms with E-state index in [0.717, 1.165) is 29.0 Å². The zero-order valence-corrected chi connectivity index (χ0v) is 17.7. The third-order valence-electron chi connectivity index (χ3n) is 5.58. The standard InChI is InChI=1S/C23H30N2O4/c1-5-7-11-16-25(21(27)20(26)23(3,4)6-2)17-19(14-15-24(25)22(28)29)18-12-9-8-10-13-18/h8-10,12-15,17H,5-7,11,16H2,1-4H3/p+1. The molecule has 0 spiro atoms. The number of carbonyl (C=O) groups excluding carboxylic acids is 2. The Morgan fingerprint density at radius 1 is 1.07 bits per heavy atom. The van der Waals surface area contributed by atoms with E-state index in [1.54, 1.807) is 26.1 Å². The Balaban J connectivity index is 2.63. The van der Waals surface area contributed by atoms with E-state index in [9.17, 15) is 19.5 Å². The summed E-state index contributed by atoms with van der Waals surface area (Å²) in [6.07, 6.45) is 6.28. The number of hydrogen-bond donors (Lipinski definition) is 1. The molecule has 1 aromatic rings. The summed E-state index contributed by atoms with van der Waals surface area (Å²) in [7, 11) is 0. The van der Waals surface area contributed by atoms with Crippen LogP contribution in [0.4, 0.5) is 4.79 Å². The first kappa shape index (κ1) is 22.6. The summed E-state index contributed by atoms with van der Waals surface area (Å²) in [5.41, 5.74) is 0.718. The zero-order chi connectivity index (χ0) is 21.7. The van der Waals surface area contributed by atoms with Gasteiger partial charge < -0.3 is 5.11 Å². The molecule has 1 aromatic carbocycles. The average Bonchev–Trinajstić information content (AvgIpc) is 2.73. The Hall–Kier alpha value is -2.73. The highest BCUT2D eigenvalue weighted by Crippen LogP contribution is 2.32. The topological polar surface area (TPSA) is 74.7 Å². The van der Waals surface area contributed by atoms with Crippen molar-refractivity contribution in [2.75, 3.05) is 6.54 Å². The highest BCUT2D eigenvalue weighted by molar-refractivity contribution is 6.35. The van der Waals surface area contributed by atoms with Gasteiger partial charge in [-0.3, -0.25) is 4.79 Å². The lowest BCUT2D eigenvalue weighted by Crippen LogP contribution is -2.64. The predicted molar refractivity (Wildman–Crippen MR) is 112 cm³/mol. The molecular formula is C23H31N2O4+. The number of unbranched alkanes of at least 4 members (excludes halogenated alkanes) is 2. The average molecular weight is 400 g/mol. The molecule has 0 bridgehead atoms. The number of carboxylic acid groups (broad SMARTS) is 1. The highest BCUT2D eigenvalue weighted by atomic mass is 16.4. The van der Waals surface area contributed by atoms with Gasteiger partial charge in [-0.15, -0.1) is 9.60 Å². The number of nitrogens with zero attached hydrogens (tertiary/aromatic N) is 2. The summed E-state index contributed by atoms with van der Waals surface area (Å²) in [5, 5.41) is 10.8. The molecule has 2 amide bonds. The van der Waals surface area contributed by atoms with Crippen LogP contribution in [0.1, 0.15) is 58.9 Å². The normalized spacial score (nSPS) is 19.0. The van der Waals surface area contributed by atoms with Crippen LogP contribution in [-0.4, -0.2) is 39.0 Å². The Bertz CT molecular complexity index is 827. The van der Waals surface area contributed by atoms with Crippen LogP contribution in [0.5, 0.6) is 0 Å². The number of ketones is 1. The molecule has 0 radical (unpaired) electrons. The van der Waals surface area contributed by atoms with E-state index in [0.29, 0.717) is 12.8 Å². The molecule has 1 N–H and O–H groups in total. The molecule has 1 atom stereocenters. The Morgan fingerprint density at radius 2 is 1.72 bits per heavy atom. The number of Topliss-reactive ketones (excluding diaryl/α,β-unsaturated/α-hetero) is 1. The molecule has 0 aliphatic carbocycles. The molecule has 29 heavy (non-hydrogen) atoms. The van der Waals surface area contributed by atoms with E-state index in [1.807, 2.05) is 44.2 Å². The molecular weight excluding hydrogens is 368 g/mol. The summed E-state index contributed by atoms with van der Waals surface area (Å²) in [6, 6.07) is 9.45. The molecule has 0 saturated heterocycles. The van der Waals surface area contributed by atoms with Crippen molar-refractivity contribution in [3.63, 3.8) is 0 Å². The number of amides is 2. The van der Waals surface area contributed by atoms with Crippen molar-refractivity contribution >= 4 is 23.4 Å². The van der Waals surface area contributed by atoms with Gasteiger partial charge in [0.25, 0.3) is 5.78 Å². The van der Waals surface area contributed by atoms with E-state index in [-0.39, 0.29) is 6.54 Å². The minimum Gasteiger partial charge on any atom is -0.461 e. The summed E-state index contributed by atoms with van der Waals surface area (Å²) < 4.78 is -0.654. The van der Waals surface area contributed by atoms with Crippen molar-refractivity contribution in [3.05, 3.63) is 54.4 Å². The van der Waals surface area contributed by atoms with Crippen LogP contribution in [0.25, 0.3) is 5.57 Å². The van der Waals surface area contributed by atoms with Crippen LogP contribution >= 0.6 is 0 Å². The molecule has 0 saturated carbocycles. The number of rotatable bonds is 8. The second kappa shape index (κ2) is 9.18. The summed E-state index contributed by atoms with van der Waals surface area (Å²) in [4.78, 5) is 38.7. The molecule has 6 heteroatoms. The molecule has 156 valence electrons. The van der Waals surface area contributed by atoms with Crippen molar-refractivity contribution < 1.29 is 24.1 Å². The van der Waals surface area contributed by atoms with Crippen LogP contribution in [0, 0.1) is 5.41 Å². The molecule has 1 unspecified atom stereocenters. The first-order valence-electron chi connectivity index (χ1n) is 10.2. The number of hydrogen-bond acceptors (Lipinski definition) is 3. The number of quaternary nitrogens is 1. The lowest BCUT2D eigenvalue weighted by molar-refractivity contribution is -0.900. The molecule has 0 aromatic heterocycles. The molecule has 0 fully saturated rings. The Morgan fingerprint density at radius 3 is 2.28 bits per heavy atom. The van der Waals surface area contributed by atoms with Crippen LogP contribution < -0.4 is 0 Å². The monoisotopic (exact) mass is 399 g/mol. The van der Waals surface area contributed by atoms with Crippen LogP contribution in [-0.2, 0) is 9.59 Å². The highest BCUT2D eigenvalue weighted by Gasteiger charge is 2.52. The molecule has 2 rings (SSSR count). The Kier molecular flexibility index (Phi) is 7.14. The van der Waals surface area contributed by atoms with Gasteiger partial charge in [-0.05, 0) is 30.9 Å². The second-order valence-electron chi connectivity index (χ2n) is 8.02. The van der Waals surface area contributed by atoms with Crippen molar-refractivity contribution in [1.82, 2.24) is 5.01 Å². The van der Waals surface area contributed by atoms with E-state index in [1.165, 1.54) is 6.20 Å². The van der Waals surface area contributed by atoms with E-state index < -0.39 is 27.8 Å².